The molecular formula is C20H22. The van der Waals surface area contributed by atoms with E-state index in [1.807, 2.05) is 0 Å². The van der Waals surface area contributed by atoms with Gasteiger partial charge in [-0.3, -0.25) is 0 Å². The molecular weight excluding hydrogens is 240 g/mol. The normalized spacial score (nSPS) is 25.0. The standard InChI is InChI=1S/C20H22/c1-5-13-9-15-11-20-16(12-19(15)17(13)7-3)10-14(6-2)18(20)8-4/h5-8,11-12H,9-10H2,1-4H3/b13-5-,14-6-,17-7+,18-8+. The summed E-state index contributed by atoms with van der Waals surface area (Å²) >= 11 is 0. The van der Waals surface area contributed by atoms with Crippen molar-refractivity contribution in [2.45, 2.75) is 40.5 Å². The van der Waals surface area contributed by atoms with Crippen molar-refractivity contribution in [2.75, 3.05) is 0 Å². The lowest BCUT2D eigenvalue weighted by Crippen LogP contribution is -1.88. The van der Waals surface area contributed by atoms with Crippen LogP contribution in [0.2, 0.25) is 0 Å². The monoisotopic (exact) mass is 262 g/mol. The van der Waals surface area contributed by atoms with Gasteiger partial charge in [0.2, 0.25) is 0 Å². The van der Waals surface area contributed by atoms with E-state index in [9.17, 15) is 0 Å². The largest absolute Gasteiger partial charge is 0.0835 e. The zero-order valence-electron chi connectivity index (χ0n) is 12.9. The first-order valence-corrected chi connectivity index (χ1v) is 7.53. The molecule has 2 aliphatic carbocycles. The van der Waals surface area contributed by atoms with E-state index in [-0.39, 0.29) is 0 Å². The number of hydrogen-bond donors (Lipinski definition) is 0. The molecule has 3 rings (SSSR count). The van der Waals surface area contributed by atoms with Crippen LogP contribution in [0.4, 0.5) is 0 Å². The van der Waals surface area contributed by atoms with Gasteiger partial charge in [0.25, 0.3) is 0 Å². The highest BCUT2D eigenvalue weighted by atomic mass is 14.3. The minimum absolute atomic E-state index is 1.08. The van der Waals surface area contributed by atoms with Gasteiger partial charge < -0.3 is 0 Å². The average Bonchev–Trinajstić information content (AvgIpc) is 3.00. The summed E-state index contributed by atoms with van der Waals surface area (Å²) in [5.41, 5.74) is 11.7. The van der Waals surface area contributed by atoms with Crippen LogP contribution in [0, 0.1) is 0 Å². The summed E-state index contributed by atoms with van der Waals surface area (Å²) in [6, 6.07) is 4.85. The highest BCUT2D eigenvalue weighted by molar-refractivity contribution is 5.91. The van der Waals surface area contributed by atoms with Crippen molar-refractivity contribution >= 4 is 11.1 Å². The highest BCUT2D eigenvalue weighted by Gasteiger charge is 2.26. The summed E-state index contributed by atoms with van der Waals surface area (Å²) in [4.78, 5) is 0. The summed E-state index contributed by atoms with van der Waals surface area (Å²) in [5, 5.41) is 0. The van der Waals surface area contributed by atoms with E-state index in [2.05, 4.69) is 64.1 Å². The second-order valence-electron chi connectivity index (χ2n) is 5.55. The van der Waals surface area contributed by atoms with Crippen molar-refractivity contribution in [1.82, 2.24) is 0 Å². The van der Waals surface area contributed by atoms with E-state index >= 15 is 0 Å². The van der Waals surface area contributed by atoms with Gasteiger partial charge in [-0.25, -0.2) is 0 Å². The second kappa shape index (κ2) is 4.94. The van der Waals surface area contributed by atoms with Crippen molar-refractivity contribution in [3.05, 3.63) is 69.8 Å². The number of allylic oxidation sites excluding steroid dienone is 8. The molecule has 20 heavy (non-hydrogen) atoms. The quantitative estimate of drug-likeness (QED) is 0.579. The van der Waals surface area contributed by atoms with Gasteiger partial charge in [0.05, 0.1) is 0 Å². The molecule has 0 radical (unpaired) electrons. The predicted octanol–water partition coefficient (Wildman–Crippen LogP) is 5.50. The van der Waals surface area contributed by atoms with Gasteiger partial charge in [-0.1, -0.05) is 24.3 Å². The summed E-state index contributed by atoms with van der Waals surface area (Å²) in [6.07, 6.45) is 11.2. The van der Waals surface area contributed by atoms with E-state index < -0.39 is 0 Å². The van der Waals surface area contributed by atoms with Crippen molar-refractivity contribution in [3.8, 4) is 0 Å². The number of rotatable bonds is 0. The molecule has 0 unspecified atom stereocenters. The molecule has 0 spiro atoms. The first kappa shape index (κ1) is 13.2. The first-order chi connectivity index (χ1) is 9.73. The van der Waals surface area contributed by atoms with Crippen LogP contribution in [0.5, 0.6) is 0 Å². The maximum Gasteiger partial charge on any atom is -0.00166 e. The van der Waals surface area contributed by atoms with E-state index in [1.54, 1.807) is 0 Å². The fourth-order valence-electron chi connectivity index (χ4n) is 3.63. The molecule has 1 aromatic rings. The maximum atomic E-state index is 2.43. The Balaban J connectivity index is 2.20. The van der Waals surface area contributed by atoms with Crippen LogP contribution in [-0.4, -0.2) is 0 Å². The smallest absolute Gasteiger partial charge is 0.00166 e. The van der Waals surface area contributed by atoms with Crippen molar-refractivity contribution in [1.29, 1.82) is 0 Å². The Hall–Kier alpha value is -1.82. The Labute approximate surface area is 122 Å². The lowest BCUT2D eigenvalue weighted by Gasteiger charge is -2.06. The van der Waals surface area contributed by atoms with Gasteiger partial charge in [0, 0.05) is 0 Å². The van der Waals surface area contributed by atoms with Gasteiger partial charge in [-0.15, -0.1) is 0 Å². The SMILES string of the molecule is C/C=C1/Cc2cc3c(cc2/C1=C/C)CC(=C/C)/C3=C\C. The van der Waals surface area contributed by atoms with Crippen molar-refractivity contribution in [3.63, 3.8) is 0 Å². The van der Waals surface area contributed by atoms with Crippen molar-refractivity contribution < 1.29 is 0 Å². The third-order valence-electron chi connectivity index (χ3n) is 4.64. The third-order valence-corrected chi connectivity index (χ3v) is 4.64. The van der Waals surface area contributed by atoms with Gasteiger partial charge >= 0.3 is 0 Å². The van der Waals surface area contributed by atoms with Crippen LogP contribution >= 0.6 is 0 Å². The molecule has 0 saturated carbocycles. The molecule has 0 aliphatic heterocycles. The molecule has 0 saturated heterocycles. The van der Waals surface area contributed by atoms with Crippen LogP contribution < -0.4 is 0 Å². The summed E-state index contributed by atoms with van der Waals surface area (Å²) in [5.74, 6) is 0. The Morgan fingerprint density at radius 3 is 1.35 bits per heavy atom. The van der Waals surface area contributed by atoms with Crippen molar-refractivity contribution in [2.24, 2.45) is 0 Å². The fourth-order valence-corrected chi connectivity index (χ4v) is 3.63. The Kier molecular flexibility index (Phi) is 3.25. The number of fused-ring (bicyclic) bond motifs is 2. The second-order valence-corrected chi connectivity index (χ2v) is 5.55. The topological polar surface area (TPSA) is 0 Å². The van der Waals surface area contributed by atoms with E-state index in [0.29, 0.717) is 0 Å². The molecule has 1 aromatic carbocycles. The lowest BCUT2D eigenvalue weighted by atomic mass is 9.98. The number of benzene rings is 1. The molecule has 0 heteroatoms. The summed E-state index contributed by atoms with van der Waals surface area (Å²) in [7, 11) is 0. The molecule has 2 aliphatic rings. The first-order valence-electron chi connectivity index (χ1n) is 7.53. The Morgan fingerprint density at radius 2 is 1.05 bits per heavy atom. The lowest BCUT2D eigenvalue weighted by molar-refractivity contribution is 1.22. The molecule has 0 atom stereocenters. The summed E-state index contributed by atoms with van der Waals surface area (Å²) in [6.45, 7) is 8.59. The Bertz CT molecular complexity index is 629. The van der Waals surface area contributed by atoms with Gasteiger partial charge in [0.15, 0.2) is 0 Å². The molecule has 0 heterocycles. The van der Waals surface area contributed by atoms with Gasteiger partial charge in [-0.2, -0.15) is 0 Å². The van der Waals surface area contributed by atoms with E-state index in [1.165, 1.54) is 44.5 Å². The van der Waals surface area contributed by atoms with Gasteiger partial charge in [-0.05, 0) is 97.2 Å². The molecule has 0 amide bonds. The molecule has 0 N–H and O–H groups in total. The highest BCUT2D eigenvalue weighted by Crippen LogP contribution is 2.44. The Morgan fingerprint density at radius 1 is 0.650 bits per heavy atom. The van der Waals surface area contributed by atoms with Crippen LogP contribution in [0.1, 0.15) is 49.9 Å². The van der Waals surface area contributed by atoms with E-state index in [4.69, 9.17) is 0 Å². The fraction of sp³-hybridized carbons (Fsp3) is 0.300. The van der Waals surface area contributed by atoms with Crippen LogP contribution in [0.3, 0.4) is 0 Å². The number of hydrogen-bond acceptors (Lipinski definition) is 0. The van der Waals surface area contributed by atoms with Crippen LogP contribution in [0.15, 0.2) is 47.6 Å². The van der Waals surface area contributed by atoms with Crippen LogP contribution in [0.25, 0.3) is 11.1 Å². The maximum absolute atomic E-state index is 2.43. The molecule has 0 aromatic heterocycles. The van der Waals surface area contributed by atoms with Gasteiger partial charge in [0.1, 0.15) is 0 Å². The zero-order valence-corrected chi connectivity index (χ0v) is 12.9. The molecule has 0 bridgehead atoms. The average molecular weight is 262 g/mol. The minimum Gasteiger partial charge on any atom is -0.0835 e. The molecule has 0 nitrogen and oxygen atoms in total. The molecule has 102 valence electrons. The predicted molar refractivity (Wildman–Crippen MR) is 88.7 cm³/mol. The summed E-state index contributed by atoms with van der Waals surface area (Å²) < 4.78 is 0. The third kappa shape index (κ3) is 1.75. The van der Waals surface area contributed by atoms with E-state index in [0.717, 1.165) is 12.8 Å². The van der Waals surface area contributed by atoms with Crippen LogP contribution in [-0.2, 0) is 12.8 Å². The zero-order chi connectivity index (χ0) is 14.3. The minimum atomic E-state index is 1.08. The molecule has 0 fully saturated rings.